The number of nitrogens with one attached hydrogen (secondary N) is 1. The van der Waals surface area contributed by atoms with Gasteiger partial charge in [-0.25, -0.2) is 4.79 Å². The molecule has 2 aromatic carbocycles. The van der Waals surface area contributed by atoms with Crippen LogP contribution in [0.3, 0.4) is 0 Å². The molecule has 21 heavy (non-hydrogen) atoms. The third-order valence-corrected chi connectivity index (χ3v) is 4.10. The Balaban J connectivity index is 2.21. The number of benzene rings is 2. The molecule has 0 aliphatic rings. The van der Waals surface area contributed by atoms with Crippen molar-refractivity contribution in [1.82, 2.24) is 0 Å². The Morgan fingerprint density at radius 2 is 1.90 bits per heavy atom. The Bertz CT molecular complexity index is 671. The molecule has 0 radical (unpaired) electrons. The predicted molar refractivity (Wildman–Crippen MR) is 86.3 cm³/mol. The van der Waals surface area contributed by atoms with E-state index in [1.807, 2.05) is 25.1 Å². The Hall–Kier alpha value is -1.71. The number of carbonyl (C=O) groups is 1. The standard InChI is InChI=1S/C16H15Cl2NO2/c1-10-12(16(20)21-2)6-4-8-14(10)19-9-11-5-3-7-13(17)15(11)18/h3-8,19H,9H2,1-2H3. The van der Waals surface area contributed by atoms with Gasteiger partial charge in [0.15, 0.2) is 0 Å². The molecular formula is C16H15Cl2NO2. The summed E-state index contributed by atoms with van der Waals surface area (Å²) in [4.78, 5) is 11.7. The molecule has 0 aromatic heterocycles. The van der Waals surface area contributed by atoms with Gasteiger partial charge < -0.3 is 10.1 Å². The molecule has 0 unspecified atom stereocenters. The average Bonchev–Trinajstić information content (AvgIpc) is 2.49. The van der Waals surface area contributed by atoms with Crippen LogP contribution in [0.5, 0.6) is 0 Å². The first kappa shape index (κ1) is 15.7. The highest BCUT2D eigenvalue weighted by Gasteiger charge is 2.12. The van der Waals surface area contributed by atoms with E-state index in [2.05, 4.69) is 5.32 Å². The van der Waals surface area contributed by atoms with Gasteiger partial charge in [0.05, 0.1) is 22.7 Å². The van der Waals surface area contributed by atoms with Gasteiger partial charge in [0, 0.05) is 12.2 Å². The SMILES string of the molecule is COC(=O)c1cccc(NCc2cccc(Cl)c2Cl)c1C. The Morgan fingerprint density at radius 3 is 2.62 bits per heavy atom. The summed E-state index contributed by atoms with van der Waals surface area (Å²) >= 11 is 12.1. The molecule has 0 fully saturated rings. The van der Waals surface area contributed by atoms with Crippen LogP contribution in [-0.2, 0) is 11.3 Å². The number of hydrogen-bond acceptors (Lipinski definition) is 3. The predicted octanol–water partition coefficient (Wildman–Crippen LogP) is 4.70. The van der Waals surface area contributed by atoms with Crippen molar-refractivity contribution < 1.29 is 9.53 Å². The zero-order valence-corrected chi connectivity index (χ0v) is 13.3. The lowest BCUT2D eigenvalue weighted by Gasteiger charge is -2.13. The summed E-state index contributed by atoms with van der Waals surface area (Å²) in [6.45, 7) is 2.39. The molecule has 0 heterocycles. The van der Waals surface area contributed by atoms with E-state index in [4.69, 9.17) is 27.9 Å². The fourth-order valence-corrected chi connectivity index (χ4v) is 2.42. The fraction of sp³-hybridized carbons (Fsp3) is 0.188. The van der Waals surface area contributed by atoms with Crippen molar-refractivity contribution in [2.75, 3.05) is 12.4 Å². The number of rotatable bonds is 4. The van der Waals surface area contributed by atoms with E-state index in [-0.39, 0.29) is 5.97 Å². The lowest BCUT2D eigenvalue weighted by Crippen LogP contribution is -2.07. The van der Waals surface area contributed by atoms with Crippen molar-refractivity contribution in [1.29, 1.82) is 0 Å². The summed E-state index contributed by atoms with van der Waals surface area (Å²) in [5, 5.41) is 4.33. The van der Waals surface area contributed by atoms with Crippen LogP contribution >= 0.6 is 23.2 Å². The number of hydrogen-bond donors (Lipinski definition) is 1. The van der Waals surface area contributed by atoms with Gasteiger partial charge in [-0.3, -0.25) is 0 Å². The van der Waals surface area contributed by atoms with Crippen molar-refractivity contribution in [3.8, 4) is 0 Å². The molecule has 3 nitrogen and oxygen atoms in total. The molecule has 2 rings (SSSR count). The van der Waals surface area contributed by atoms with Crippen molar-refractivity contribution in [3.05, 3.63) is 63.1 Å². The molecule has 0 saturated heterocycles. The van der Waals surface area contributed by atoms with E-state index >= 15 is 0 Å². The third kappa shape index (κ3) is 3.49. The van der Waals surface area contributed by atoms with Crippen LogP contribution in [0.1, 0.15) is 21.5 Å². The maximum Gasteiger partial charge on any atom is 0.338 e. The van der Waals surface area contributed by atoms with E-state index < -0.39 is 0 Å². The molecule has 0 saturated carbocycles. The summed E-state index contributed by atoms with van der Waals surface area (Å²) in [5.74, 6) is -0.350. The highest BCUT2D eigenvalue weighted by Crippen LogP contribution is 2.27. The number of halogens is 2. The minimum Gasteiger partial charge on any atom is -0.465 e. The van der Waals surface area contributed by atoms with Gasteiger partial charge in [-0.15, -0.1) is 0 Å². The van der Waals surface area contributed by atoms with Crippen LogP contribution < -0.4 is 5.32 Å². The number of carbonyl (C=O) groups excluding carboxylic acids is 1. The van der Waals surface area contributed by atoms with Gasteiger partial charge in [0.25, 0.3) is 0 Å². The molecule has 110 valence electrons. The molecule has 0 spiro atoms. The van der Waals surface area contributed by atoms with Gasteiger partial charge in [0.2, 0.25) is 0 Å². The van der Waals surface area contributed by atoms with Crippen LogP contribution in [0.2, 0.25) is 10.0 Å². The van der Waals surface area contributed by atoms with E-state index in [1.165, 1.54) is 7.11 Å². The monoisotopic (exact) mass is 323 g/mol. The smallest absolute Gasteiger partial charge is 0.338 e. The number of esters is 1. The summed E-state index contributed by atoms with van der Waals surface area (Å²) in [7, 11) is 1.37. The van der Waals surface area contributed by atoms with E-state index in [0.717, 1.165) is 16.8 Å². The molecule has 2 aromatic rings. The summed E-state index contributed by atoms with van der Waals surface area (Å²) in [6, 6.07) is 10.9. The quantitative estimate of drug-likeness (QED) is 0.829. The number of anilines is 1. The second-order valence-corrected chi connectivity index (χ2v) is 5.32. The fourth-order valence-electron chi connectivity index (χ4n) is 2.03. The molecule has 0 amide bonds. The van der Waals surface area contributed by atoms with Crippen molar-refractivity contribution in [2.45, 2.75) is 13.5 Å². The van der Waals surface area contributed by atoms with Crippen molar-refractivity contribution in [3.63, 3.8) is 0 Å². The summed E-state index contributed by atoms with van der Waals surface area (Å²) in [6.07, 6.45) is 0. The summed E-state index contributed by atoms with van der Waals surface area (Å²) < 4.78 is 4.76. The minimum absolute atomic E-state index is 0.350. The third-order valence-electron chi connectivity index (χ3n) is 3.24. The van der Waals surface area contributed by atoms with Crippen LogP contribution in [0.15, 0.2) is 36.4 Å². The minimum atomic E-state index is -0.350. The lowest BCUT2D eigenvalue weighted by molar-refractivity contribution is 0.0600. The molecule has 0 aliphatic heterocycles. The Labute approximate surface area is 133 Å². The normalized spacial score (nSPS) is 10.3. The highest BCUT2D eigenvalue weighted by molar-refractivity contribution is 6.42. The van der Waals surface area contributed by atoms with Gasteiger partial charge in [-0.2, -0.15) is 0 Å². The maximum absolute atomic E-state index is 11.7. The van der Waals surface area contributed by atoms with E-state index in [9.17, 15) is 4.79 Å². The summed E-state index contributed by atoms with van der Waals surface area (Å²) in [5.41, 5.74) is 3.13. The van der Waals surface area contributed by atoms with Crippen molar-refractivity contribution >= 4 is 34.9 Å². The lowest BCUT2D eigenvalue weighted by atomic mass is 10.1. The van der Waals surface area contributed by atoms with Crippen LogP contribution in [0.4, 0.5) is 5.69 Å². The Kier molecular flexibility index (Phi) is 5.10. The van der Waals surface area contributed by atoms with Gasteiger partial charge in [-0.05, 0) is 36.2 Å². The zero-order chi connectivity index (χ0) is 15.4. The van der Waals surface area contributed by atoms with Crippen LogP contribution in [0, 0.1) is 6.92 Å². The topological polar surface area (TPSA) is 38.3 Å². The van der Waals surface area contributed by atoms with Crippen LogP contribution in [0.25, 0.3) is 0 Å². The van der Waals surface area contributed by atoms with E-state index in [0.29, 0.717) is 22.2 Å². The van der Waals surface area contributed by atoms with Crippen molar-refractivity contribution in [2.24, 2.45) is 0 Å². The maximum atomic E-state index is 11.7. The highest BCUT2D eigenvalue weighted by atomic mass is 35.5. The first-order chi connectivity index (χ1) is 10.0. The average molecular weight is 324 g/mol. The van der Waals surface area contributed by atoms with Gasteiger partial charge in [0.1, 0.15) is 0 Å². The van der Waals surface area contributed by atoms with Gasteiger partial charge in [-0.1, -0.05) is 41.4 Å². The molecule has 5 heteroatoms. The molecular weight excluding hydrogens is 309 g/mol. The van der Waals surface area contributed by atoms with Gasteiger partial charge >= 0.3 is 5.97 Å². The number of methoxy groups -OCH3 is 1. The Morgan fingerprint density at radius 1 is 1.19 bits per heavy atom. The molecule has 0 aliphatic carbocycles. The second kappa shape index (κ2) is 6.83. The van der Waals surface area contributed by atoms with E-state index in [1.54, 1.807) is 18.2 Å². The first-order valence-corrected chi connectivity index (χ1v) is 7.15. The van der Waals surface area contributed by atoms with Crippen LogP contribution in [-0.4, -0.2) is 13.1 Å². The number of ether oxygens (including phenoxy) is 1. The molecule has 1 N–H and O–H groups in total. The first-order valence-electron chi connectivity index (χ1n) is 6.39. The zero-order valence-electron chi connectivity index (χ0n) is 11.7. The largest absolute Gasteiger partial charge is 0.465 e. The molecule has 0 bridgehead atoms. The second-order valence-electron chi connectivity index (χ2n) is 4.54. The molecule has 0 atom stereocenters.